The fourth-order valence-corrected chi connectivity index (χ4v) is 4.85. The van der Waals surface area contributed by atoms with E-state index in [2.05, 4.69) is 30.4 Å². The zero-order valence-electron chi connectivity index (χ0n) is 17.6. The molecule has 0 fully saturated rings. The molecule has 0 aliphatic carbocycles. The van der Waals surface area contributed by atoms with Gasteiger partial charge in [-0.05, 0) is 31.0 Å². The Bertz CT molecular complexity index is 1100. The molecule has 2 aliphatic heterocycles. The number of ether oxygens (including phenoxy) is 3. The van der Waals surface area contributed by atoms with Gasteiger partial charge in [0.15, 0.2) is 0 Å². The van der Waals surface area contributed by atoms with Gasteiger partial charge in [0.2, 0.25) is 0 Å². The molecule has 7 heteroatoms. The quantitative estimate of drug-likeness (QED) is 0.532. The lowest BCUT2D eigenvalue weighted by Crippen LogP contribution is -2.28. The Labute approximate surface area is 185 Å². The average Bonchev–Trinajstić information content (AvgIpc) is 3.13. The third-order valence-electron chi connectivity index (χ3n) is 5.22. The van der Waals surface area contributed by atoms with Crippen LogP contribution in [0.3, 0.4) is 0 Å². The molecule has 0 spiro atoms. The van der Waals surface area contributed by atoms with Crippen LogP contribution in [-0.2, 0) is 24.8 Å². The van der Waals surface area contributed by atoms with E-state index < -0.39 is 18.0 Å². The first-order chi connectivity index (χ1) is 15.0. The Kier molecular flexibility index (Phi) is 6.04. The number of cyclic esters (lactones) is 1. The van der Waals surface area contributed by atoms with Crippen molar-refractivity contribution < 1.29 is 23.8 Å². The zero-order chi connectivity index (χ0) is 22.0. The Morgan fingerprint density at radius 2 is 2.00 bits per heavy atom. The summed E-state index contributed by atoms with van der Waals surface area (Å²) in [6.45, 7) is 4.05. The molecule has 0 bridgehead atoms. The van der Waals surface area contributed by atoms with Crippen molar-refractivity contribution in [1.29, 1.82) is 0 Å². The zero-order valence-corrected chi connectivity index (χ0v) is 18.4. The second-order valence-electron chi connectivity index (χ2n) is 7.39. The van der Waals surface area contributed by atoms with Crippen LogP contribution in [0.15, 0.2) is 76.2 Å². The van der Waals surface area contributed by atoms with Gasteiger partial charge in [-0.25, -0.2) is 9.59 Å². The number of carbonyl (C=O) groups is 2. The number of benzene rings is 2. The van der Waals surface area contributed by atoms with E-state index in [1.54, 1.807) is 18.7 Å². The summed E-state index contributed by atoms with van der Waals surface area (Å²) in [4.78, 5) is 25.6. The Morgan fingerprint density at radius 3 is 2.77 bits per heavy atom. The highest BCUT2D eigenvalue weighted by molar-refractivity contribution is 7.98. The van der Waals surface area contributed by atoms with Crippen molar-refractivity contribution in [1.82, 2.24) is 5.32 Å². The van der Waals surface area contributed by atoms with Gasteiger partial charge in [-0.15, -0.1) is 11.8 Å². The third-order valence-corrected chi connectivity index (χ3v) is 6.38. The van der Waals surface area contributed by atoms with Crippen LogP contribution in [0, 0.1) is 6.92 Å². The van der Waals surface area contributed by atoms with Crippen LogP contribution in [0.2, 0.25) is 0 Å². The van der Waals surface area contributed by atoms with Crippen molar-refractivity contribution in [2.75, 3.05) is 13.7 Å². The molecular formula is C24H23NO5S. The molecule has 4 rings (SSSR count). The van der Waals surface area contributed by atoms with Crippen LogP contribution in [-0.4, -0.2) is 25.8 Å². The number of esters is 1. The predicted molar refractivity (Wildman–Crippen MR) is 117 cm³/mol. The summed E-state index contributed by atoms with van der Waals surface area (Å²) in [5, 5.41) is 3.15. The number of methoxy groups -OCH3 is 1. The molecule has 1 unspecified atom stereocenters. The molecule has 2 heterocycles. The number of aryl methyl sites for hydroxylation is 1. The molecule has 2 aromatic rings. The van der Waals surface area contributed by atoms with Crippen LogP contribution in [0.25, 0.3) is 0 Å². The molecule has 160 valence electrons. The third kappa shape index (κ3) is 4.32. The molecule has 0 saturated heterocycles. The van der Waals surface area contributed by atoms with Crippen molar-refractivity contribution in [2.45, 2.75) is 30.4 Å². The molecule has 0 aromatic heterocycles. The van der Waals surface area contributed by atoms with Gasteiger partial charge in [0, 0.05) is 10.6 Å². The summed E-state index contributed by atoms with van der Waals surface area (Å²) in [5.41, 5.74) is 5.11. The minimum atomic E-state index is -0.832. The van der Waals surface area contributed by atoms with E-state index in [9.17, 15) is 9.59 Å². The van der Waals surface area contributed by atoms with Crippen LogP contribution in [0.1, 0.15) is 29.5 Å². The van der Waals surface area contributed by atoms with Crippen LogP contribution >= 0.6 is 11.8 Å². The molecule has 0 amide bonds. The summed E-state index contributed by atoms with van der Waals surface area (Å²) in [5.74, 6) is 0.139. The number of allylic oxidation sites excluding steroid dienone is 2. The number of hydrogen-bond acceptors (Lipinski definition) is 7. The fraction of sp³-hybridized carbons (Fsp3) is 0.250. The molecule has 6 nitrogen and oxygen atoms in total. The van der Waals surface area contributed by atoms with E-state index in [1.165, 1.54) is 18.2 Å². The second-order valence-corrected chi connectivity index (χ2v) is 8.40. The molecule has 0 radical (unpaired) electrons. The van der Waals surface area contributed by atoms with E-state index in [0.717, 1.165) is 16.2 Å². The first-order valence-electron chi connectivity index (χ1n) is 9.89. The lowest BCUT2D eigenvalue weighted by atomic mass is 9.85. The van der Waals surface area contributed by atoms with Crippen molar-refractivity contribution in [3.8, 4) is 0 Å². The van der Waals surface area contributed by atoms with Crippen LogP contribution in [0.4, 0.5) is 4.79 Å². The lowest BCUT2D eigenvalue weighted by molar-refractivity contribution is -0.136. The Balaban J connectivity index is 1.73. The van der Waals surface area contributed by atoms with Crippen molar-refractivity contribution >= 4 is 23.9 Å². The normalized spacial score (nSPS) is 17.8. The topological polar surface area (TPSA) is 73.9 Å². The Hall–Kier alpha value is -3.19. The van der Waals surface area contributed by atoms with Crippen LogP contribution < -0.4 is 5.32 Å². The summed E-state index contributed by atoms with van der Waals surface area (Å²) < 4.78 is 15.5. The lowest BCUT2D eigenvalue weighted by Gasteiger charge is -2.28. The first kappa shape index (κ1) is 21.1. The molecular weight excluding hydrogens is 414 g/mol. The number of hydrogen-bond donors (Lipinski definition) is 1. The monoisotopic (exact) mass is 437 g/mol. The number of nitrogens with one attached hydrogen (secondary N) is 1. The molecule has 31 heavy (non-hydrogen) atoms. The average molecular weight is 438 g/mol. The van der Waals surface area contributed by atoms with Crippen LogP contribution in [0.5, 0.6) is 0 Å². The minimum Gasteiger partial charge on any atom is -0.456 e. The SMILES string of the molecule is COC(=O)OC1=C(C)NC2=C(C(=O)OC2)C1c1ccccc1SCc1cccc(C)c1. The maximum atomic E-state index is 12.6. The maximum absolute atomic E-state index is 12.6. The molecule has 0 saturated carbocycles. The second kappa shape index (κ2) is 8.89. The van der Waals surface area contributed by atoms with E-state index >= 15 is 0 Å². The van der Waals surface area contributed by atoms with Gasteiger partial charge in [-0.2, -0.15) is 0 Å². The molecule has 2 aliphatic rings. The summed E-state index contributed by atoms with van der Waals surface area (Å²) >= 11 is 1.68. The Morgan fingerprint density at radius 1 is 1.19 bits per heavy atom. The first-order valence-corrected chi connectivity index (χ1v) is 10.9. The highest BCUT2D eigenvalue weighted by atomic mass is 32.2. The highest BCUT2D eigenvalue weighted by Crippen LogP contribution is 2.44. The van der Waals surface area contributed by atoms with E-state index in [1.807, 2.05) is 30.3 Å². The number of rotatable bonds is 5. The van der Waals surface area contributed by atoms with Crippen molar-refractivity contribution in [3.05, 3.63) is 87.9 Å². The van der Waals surface area contributed by atoms with Crippen molar-refractivity contribution in [2.24, 2.45) is 0 Å². The van der Waals surface area contributed by atoms with E-state index in [0.29, 0.717) is 22.7 Å². The summed E-state index contributed by atoms with van der Waals surface area (Å²) in [7, 11) is 1.25. The smallest absolute Gasteiger partial charge is 0.456 e. The van der Waals surface area contributed by atoms with E-state index in [-0.39, 0.29) is 6.61 Å². The largest absolute Gasteiger partial charge is 0.513 e. The van der Waals surface area contributed by atoms with Gasteiger partial charge >= 0.3 is 12.1 Å². The van der Waals surface area contributed by atoms with E-state index in [4.69, 9.17) is 14.2 Å². The highest BCUT2D eigenvalue weighted by Gasteiger charge is 2.41. The molecule has 1 atom stereocenters. The van der Waals surface area contributed by atoms with Crippen molar-refractivity contribution in [3.63, 3.8) is 0 Å². The number of dihydropyridines is 1. The summed E-state index contributed by atoms with van der Waals surface area (Å²) in [6, 6.07) is 16.2. The molecule has 2 aromatic carbocycles. The van der Waals surface area contributed by atoms with Gasteiger partial charge in [-0.1, -0.05) is 48.0 Å². The maximum Gasteiger partial charge on any atom is 0.513 e. The van der Waals surface area contributed by atoms with Gasteiger partial charge in [0.25, 0.3) is 0 Å². The number of carbonyl (C=O) groups excluding carboxylic acids is 2. The van der Waals surface area contributed by atoms with Gasteiger partial charge in [-0.3, -0.25) is 0 Å². The summed E-state index contributed by atoms with van der Waals surface area (Å²) in [6.07, 6.45) is -0.832. The predicted octanol–water partition coefficient (Wildman–Crippen LogP) is 4.80. The standard InChI is InChI=1S/C24H23NO5S/c1-14-7-6-8-16(11-14)13-31-19-10-5-4-9-17(19)20-21-18(12-29-23(21)26)25-15(2)22(20)30-24(27)28-3/h4-11,20,25H,12-13H2,1-3H3. The van der Waals surface area contributed by atoms with Gasteiger partial charge in [0.05, 0.1) is 30.0 Å². The molecule has 1 N–H and O–H groups in total. The van der Waals surface area contributed by atoms with Gasteiger partial charge < -0.3 is 19.5 Å². The minimum absolute atomic E-state index is 0.173. The number of thioether (sulfide) groups is 1. The fourth-order valence-electron chi connectivity index (χ4n) is 3.82. The van der Waals surface area contributed by atoms with Gasteiger partial charge in [0.1, 0.15) is 12.4 Å².